The van der Waals surface area contributed by atoms with Crippen molar-refractivity contribution in [3.05, 3.63) is 45.9 Å². The van der Waals surface area contributed by atoms with Gasteiger partial charge in [0.1, 0.15) is 6.54 Å². The summed E-state index contributed by atoms with van der Waals surface area (Å²) < 4.78 is 20.4. The van der Waals surface area contributed by atoms with Gasteiger partial charge in [0, 0.05) is 11.3 Å². The first kappa shape index (κ1) is 24.1. The lowest BCUT2D eigenvalue weighted by atomic mass is 10.1. The van der Waals surface area contributed by atoms with Gasteiger partial charge in [-0.2, -0.15) is 0 Å². The highest BCUT2D eigenvalue weighted by molar-refractivity contribution is 6.42. The quantitative estimate of drug-likeness (QED) is 0.541. The number of esters is 1. The third-order valence-electron chi connectivity index (χ3n) is 3.89. The molecule has 0 atom stereocenters. The van der Waals surface area contributed by atoms with Gasteiger partial charge in [0.2, 0.25) is 5.75 Å². The molecule has 0 bridgehead atoms. The predicted molar refractivity (Wildman–Crippen MR) is 114 cm³/mol. The van der Waals surface area contributed by atoms with E-state index in [0.29, 0.717) is 16.5 Å². The molecule has 0 aliphatic carbocycles. The lowest BCUT2D eigenvalue weighted by Gasteiger charge is -2.14. The molecule has 9 nitrogen and oxygen atoms in total. The Morgan fingerprint density at radius 1 is 0.903 bits per heavy atom. The second-order valence-corrected chi connectivity index (χ2v) is 6.75. The van der Waals surface area contributed by atoms with Crippen molar-refractivity contribution in [2.45, 2.75) is 0 Å². The molecule has 2 amide bonds. The van der Waals surface area contributed by atoms with E-state index in [1.54, 1.807) is 6.07 Å². The summed E-state index contributed by atoms with van der Waals surface area (Å²) in [6.45, 7) is -0.991. The Morgan fingerprint density at radius 2 is 1.55 bits per heavy atom. The van der Waals surface area contributed by atoms with E-state index < -0.39 is 30.9 Å². The number of amides is 2. The van der Waals surface area contributed by atoms with Gasteiger partial charge >= 0.3 is 5.97 Å². The number of hydrogen-bond donors (Lipinski definition) is 2. The molecular weight excluding hydrogens is 451 g/mol. The van der Waals surface area contributed by atoms with Crippen molar-refractivity contribution in [2.24, 2.45) is 0 Å². The van der Waals surface area contributed by atoms with Crippen LogP contribution in [0.5, 0.6) is 17.2 Å². The average Bonchev–Trinajstić information content (AvgIpc) is 2.77. The van der Waals surface area contributed by atoms with E-state index in [2.05, 4.69) is 10.6 Å². The van der Waals surface area contributed by atoms with Crippen molar-refractivity contribution < 1.29 is 33.3 Å². The van der Waals surface area contributed by atoms with Crippen molar-refractivity contribution in [3.8, 4) is 17.2 Å². The molecule has 0 saturated carbocycles. The number of rotatable bonds is 9. The van der Waals surface area contributed by atoms with Crippen molar-refractivity contribution in [3.63, 3.8) is 0 Å². The van der Waals surface area contributed by atoms with Gasteiger partial charge in [-0.15, -0.1) is 0 Å². The Hall–Kier alpha value is -3.17. The van der Waals surface area contributed by atoms with Gasteiger partial charge in [0.25, 0.3) is 11.8 Å². The number of benzene rings is 2. The molecule has 0 fully saturated rings. The number of ether oxygens (including phenoxy) is 4. The van der Waals surface area contributed by atoms with E-state index in [1.807, 2.05) is 0 Å². The predicted octanol–water partition coefficient (Wildman–Crippen LogP) is 2.93. The molecule has 0 radical (unpaired) electrons. The van der Waals surface area contributed by atoms with Crippen LogP contribution in [0.4, 0.5) is 5.69 Å². The van der Waals surface area contributed by atoms with Crippen LogP contribution in [-0.4, -0.2) is 52.3 Å². The number of carbonyl (C=O) groups excluding carboxylic acids is 3. The van der Waals surface area contributed by atoms with Crippen LogP contribution in [0.25, 0.3) is 0 Å². The smallest absolute Gasteiger partial charge is 0.325 e. The average molecular weight is 471 g/mol. The number of anilines is 1. The third-order valence-corrected chi connectivity index (χ3v) is 4.63. The molecule has 31 heavy (non-hydrogen) atoms. The van der Waals surface area contributed by atoms with Gasteiger partial charge in [-0.3, -0.25) is 14.4 Å². The van der Waals surface area contributed by atoms with Crippen LogP contribution in [0.1, 0.15) is 10.4 Å². The number of carbonyl (C=O) groups is 3. The summed E-state index contributed by atoms with van der Waals surface area (Å²) in [6, 6.07) is 7.40. The van der Waals surface area contributed by atoms with Crippen LogP contribution in [-0.2, 0) is 14.3 Å². The zero-order valence-electron chi connectivity index (χ0n) is 16.9. The first-order valence-electron chi connectivity index (χ1n) is 8.77. The zero-order valence-corrected chi connectivity index (χ0v) is 18.4. The Labute approximate surface area is 188 Å². The second kappa shape index (κ2) is 11.3. The molecule has 0 unspecified atom stereocenters. The minimum Gasteiger partial charge on any atom is -0.493 e. The number of hydrogen-bond acceptors (Lipinski definition) is 7. The van der Waals surface area contributed by atoms with Gasteiger partial charge in [-0.05, 0) is 30.3 Å². The highest BCUT2D eigenvalue weighted by atomic mass is 35.5. The standard InChI is InChI=1S/C20H20Cl2N2O7/c1-28-15-6-11(7-16(29-2)19(15)30-3)20(27)23-9-18(26)31-10-17(25)24-12-4-5-13(21)14(22)8-12/h4-8H,9-10H2,1-3H3,(H,23,27)(H,24,25). The van der Waals surface area contributed by atoms with Gasteiger partial charge in [-0.1, -0.05) is 23.2 Å². The maximum absolute atomic E-state index is 12.4. The molecule has 2 rings (SSSR count). The summed E-state index contributed by atoms with van der Waals surface area (Å²) in [5.41, 5.74) is 0.575. The highest BCUT2D eigenvalue weighted by Crippen LogP contribution is 2.38. The summed E-state index contributed by atoms with van der Waals surface area (Å²) in [4.78, 5) is 36.1. The molecule has 166 valence electrons. The molecule has 0 heterocycles. The molecule has 2 N–H and O–H groups in total. The molecule has 0 aromatic heterocycles. The first-order chi connectivity index (χ1) is 14.8. The van der Waals surface area contributed by atoms with E-state index in [9.17, 15) is 14.4 Å². The van der Waals surface area contributed by atoms with Crippen LogP contribution >= 0.6 is 23.2 Å². The van der Waals surface area contributed by atoms with E-state index >= 15 is 0 Å². The topological polar surface area (TPSA) is 112 Å². The second-order valence-electron chi connectivity index (χ2n) is 5.93. The highest BCUT2D eigenvalue weighted by Gasteiger charge is 2.18. The van der Waals surface area contributed by atoms with Crippen LogP contribution in [0.15, 0.2) is 30.3 Å². The number of methoxy groups -OCH3 is 3. The molecule has 0 spiro atoms. The largest absolute Gasteiger partial charge is 0.493 e. The van der Waals surface area contributed by atoms with Crippen LogP contribution in [0.2, 0.25) is 10.0 Å². The Bertz CT molecular complexity index is 957. The molecule has 2 aromatic carbocycles. The molecule has 0 aliphatic heterocycles. The van der Waals surface area contributed by atoms with E-state index in [1.165, 1.54) is 45.6 Å². The fourth-order valence-electron chi connectivity index (χ4n) is 2.43. The van der Waals surface area contributed by atoms with E-state index in [0.717, 1.165) is 0 Å². The fourth-order valence-corrected chi connectivity index (χ4v) is 2.73. The Kier molecular flexibility index (Phi) is 8.77. The summed E-state index contributed by atoms with van der Waals surface area (Å²) >= 11 is 11.7. The summed E-state index contributed by atoms with van der Waals surface area (Å²) in [5.74, 6) is -1.06. The summed E-state index contributed by atoms with van der Waals surface area (Å²) in [7, 11) is 4.27. The maximum atomic E-state index is 12.4. The number of nitrogens with one attached hydrogen (secondary N) is 2. The molecule has 0 aliphatic rings. The van der Waals surface area contributed by atoms with Gasteiger partial charge in [-0.25, -0.2) is 0 Å². The molecule has 0 saturated heterocycles. The third kappa shape index (κ3) is 6.66. The summed E-state index contributed by atoms with van der Waals surface area (Å²) in [6.07, 6.45) is 0. The Morgan fingerprint density at radius 3 is 2.10 bits per heavy atom. The van der Waals surface area contributed by atoms with Crippen molar-refractivity contribution in [1.29, 1.82) is 0 Å². The maximum Gasteiger partial charge on any atom is 0.325 e. The Balaban J connectivity index is 1.87. The summed E-state index contributed by atoms with van der Waals surface area (Å²) in [5, 5.41) is 5.51. The lowest BCUT2D eigenvalue weighted by Crippen LogP contribution is -2.32. The monoisotopic (exact) mass is 470 g/mol. The van der Waals surface area contributed by atoms with Crippen LogP contribution < -0.4 is 24.8 Å². The van der Waals surface area contributed by atoms with Crippen molar-refractivity contribution in [2.75, 3.05) is 39.8 Å². The van der Waals surface area contributed by atoms with Gasteiger partial charge in [0.15, 0.2) is 18.1 Å². The molecule has 11 heteroatoms. The SMILES string of the molecule is COc1cc(C(=O)NCC(=O)OCC(=O)Nc2ccc(Cl)c(Cl)c2)cc(OC)c1OC. The number of halogens is 2. The molecular formula is C20H20Cl2N2O7. The van der Waals surface area contributed by atoms with Crippen molar-refractivity contribution in [1.82, 2.24) is 5.32 Å². The van der Waals surface area contributed by atoms with Crippen LogP contribution in [0.3, 0.4) is 0 Å². The van der Waals surface area contributed by atoms with Crippen LogP contribution in [0, 0.1) is 0 Å². The molecule has 2 aromatic rings. The zero-order chi connectivity index (χ0) is 23.0. The first-order valence-corrected chi connectivity index (χ1v) is 9.53. The minimum atomic E-state index is -0.801. The minimum absolute atomic E-state index is 0.180. The normalized spacial score (nSPS) is 10.1. The fraction of sp³-hybridized carbons (Fsp3) is 0.250. The van der Waals surface area contributed by atoms with Gasteiger partial charge < -0.3 is 29.6 Å². The van der Waals surface area contributed by atoms with Gasteiger partial charge in [0.05, 0.1) is 31.4 Å². The van der Waals surface area contributed by atoms with E-state index in [4.69, 9.17) is 42.1 Å². The van der Waals surface area contributed by atoms with E-state index in [-0.39, 0.29) is 22.1 Å². The van der Waals surface area contributed by atoms with Crippen molar-refractivity contribution >= 4 is 46.7 Å². The lowest BCUT2D eigenvalue weighted by molar-refractivity contribution is -0.146.